The van der Waals surface area contributed by atoms with Crippen LogP contribution in [0.5, 0.6) is 11.5 Å². The van der Waals surface area contributed by atoms with Gasteiger partial charge in [0.1, 0.15) is 18.1 Å². The van der Waals surface area contributed by atoms with Gasteiger partial charge in [-0.2, -0.15) is 0 Å². The molecule has 0 atom stereocenters. The molecule has 0 unspecified atom stereocenters. The molecule has 1 aromatic carbocycles. The van der Waals surface area contributed by atoms with Gasteiger partial charge in [-0.1, -0.05) is 0 Å². The number of ether oxygens (including phenoxy) is 2. The monoisotopic (exact) mass is 330 g/mol. The first-order valence-corrected chi connectivity index (χ1v) is 8.27. The highest BCUT2D eigenvalue weighted by atomic mass is 32.1. The van der Waals surface area contributed by atoms with Gasteiger partial charge in [0.05, 0.1) is 17.9 Å². The molecule has 0 radical (unpaired) electrons. The van der Waals surface area contributed by atoms with E-state index < -0.39 is 0 Å². The van der Waals surface area contributed by atoms with Crippen molar-refractivity contribution in [2.24, 2.45) is 0 Å². The van der Waals surface area contributed by atoms with Crippen LogP contribution < -0.4 is 14.4 Å². The molecule has 2 aromatic rings. The molecule has 3 rings (SSSR count). The second kappa shape index (κ2) is 6.42. The largest absolute Gasteiger partial charge is 0.494 e. The Bertz CT molecular complexity index is 767. The second-order valence-electron chi connectivity index (χ2n) is 5.23. The van der Waals surface area contributed by atoms with Gasteiger partial charge in [0, 0.05) is 18.0 Å². The van der Waals surface area contributed by atoms with Crippen molar-refractivity contribution in [1.29, 1.82) is 0 Å². The van der Waals surface area contributed by atoms with Crippen LogP contribution in [0.2, 0.25) is 0 Å². The van der Waals surface area contributed by atoms with Crippen LogP contribution in [-0.2, 0) is 4.79 Å². The van der Waals surface area contributed by atoms with Crippen molar-refractivity contribution in [3.05, 3.63) is 40.4 Å². The summed E-state index contributed by atoms with van der Waals surface area (Å²) in [5, 5.41) is 2.61. The number of carbonyl (C=O) groups is 1. The molecule has 0 bridgehead atoms. The SMILES string of the molecule is CCOc1ccc2c(c1)C=C(C(=O)N(C)c1nc(C)cs1)CO2. The average molecular weight is 330 g/mol. The van der Waals surface area contributed by atoms with Crippen molar-refractivity contribution in [2.75, 3.05) is 25.2 Å². The Labute approximate surface area is 139 Å². The third-order valence-corrected chi connectivity index (χ3v) is 4.51. The Balaban J connectivity index is 1.85. The lowest BCUT2D eigenvalue weighted by Gasteiger charge is -2.21. The Morgan fingerprint density at radius 2 is 2.30 bits per heavy atom. The van der Waals surface area contributed by atoms with Gasteiger partial charge in [-0.3, -0.25) is 9.69 Å². The lowest BCUT2D eigenvalue weighted by Crippen LogP contribution is -2.30. The van der Waals surface area contributed by atoms with Gasteiger partial charge in [0.15, 0.2) is 5.13 Å². The van der Waals surface area contributed by atoms with E-state index >= 15 is 0 Å². The fourth-order valence-corrected chi connectivity index (χ4v) is 3.10. The number of likely N-dealkylation sites (N-methyl/N-ethyl adjacent to an activating group) is 1. The average Bonchev–Trinajstić information content (AvgIpc) is 2.99. The maximum absolute atomic E-state index is 12.6. The third kappa shape index (κ3) is 3.22. The number of thiazole rings is 1. The molecule has 1 aliphatic heterocycles. The lowest BCUT2D eigenvalue weighted by atomic mass is 10.1. The van der Waals surface area contributed by atoms with Crippen LogP contribution in [-0.4, -0.2) is 31.2 Å². The molecule has 120 valence electrons. The normalized spacial score (nSPS) is 12.9. The number of fused-ring (bicyclic) bond motifs is 1. The summed E-state index contributed by atoms with van der Waals surface area (Å²) in [5.41, 5.74) is 2.36. The molecule has 6 heteroatoms. The van der Waals surface area contributed by atoms with E-state index in [4.69, 9.17) is 9.47 Å². The third-order valence-electron chi connectivity index (χ3n) is 3.48. The summed E-state index contributed by atoms with van der Waals surface area (Å²) in [4.78, 5) is 18.5. The number of hydrogen-bond donors (Lipinski definition) is 0. The van der Waals surface area contributed by atoms with Crippen LogP contribution in [0.15, 0.2) is 29.2 Å². The zero-order valence-electron chi connectivity index (χ0n) is 13.3. The topological polar surface area (TPSA) is 51.7 Å². The molecule has 1 aliphatic rings. The maximum Gasteiger partial charge on any atom is 0.259 e. The Morgan fingerprint density at radius 1 is 1.48 bits per heavy atom. The van der Waals surface area contributed by atoms with E-state index in [0.29, 0.717) is 17.3 Å². The molecule has 5 nitrogen and oxygen atoms in total. The van der Waals surface area contributed by atoms with Crippen LogP contribution in [0.4, 0.5) is 5.13 Å². The molecule has 0 aliphatic carbocycles. The van der Waals surface area contributed by atoms with Crippen molar-refractivity contribution in [3.8, 4) is 11.5 Å². The highest BCUT2D eigenvalue weighted by Crippen LogP contribution is 2.31. The maximum atomic E-state index is 12.6. The van der Waals surface area contributed by atoms with Crippen LogP contribution in [0, 0.1) is 6.92 Å². The number of amides is 1. The molecule has 2 heterocycles. The van der Waals surface area contributed by atoms with E-state index in [2.05, 4.69) is 4.98 Å². The van der Waals surface area contributed by atoms with E-state index in [9.17, 15) is 4.79 Å². The van der Waals surface area contributed by atoms with Crippen LogP contribution in [0.3, 0.4) is 0 Å². The van der Waals surface area contributed by atoms with E-state index in [-0.39, 0.29) is 12.5 Å². The lowest BCUT2D eigenvalue weighted by molar-refractivity contribution is -0.115. The summed E-state index contributed by atoms with van der Waals surface area (Å²) in [6, 6.07) is 5.62. The zero-order chi connectivity index (χ0) is 16.4. The number of benzene rings is 1. The summed E-state index contributed by atoms with van der Waals surface area (Å²) in [6.07, 6.45) is 1.86. The molecule has 0 fully saturated rings. The molecule has 23 heavy (non-hydrogen) atoms. The van der Waals surface area contributed by atoms with Gasteiger partial charge >= 0.3 is 0 Å². The number of aryl methyl sites for hydroxylation is 1. The minimum atomic E-state index is -0.105. The zero-order valence-corrected chi connectivity index (χ0v) is 14.1. The summed E-state index contributed by atoms with van der Waals surface area (Å²) in [7, 11) is 1.73. The molecule has 0 spiro atoms. The predicted molar refractivity (Wildman–Crippen MR) is 91.3 cm³/mol. The van der Waals surface area contributed by atoms with E-state index in [0.717, 1.165) is 22.8 Å². The Hall–Kier alpha value is -2.34. The standard InChI is InChI=1S/C17H18N2O3S/c1-4-21-14-5-6-15-12(8-14)7-13(9-22-15)16(20)19(3)17-18-11(2)10-23-17/h5-8,10H,4,9H2,1-3H3. The number of carbonyl (C=O) groups excluding carboxylic acids is 1. The van der Waals surface area contributed by atoms with Crippen molar-refractivity contribution < 1.29 is 14.3 Å². The molecule has 0 saturated heterocycles. The second-order valence-corrected chi connectivity index (χ2v) is 6.06. The van der Waals surface area contributed by atoms with Crippen LogP contribution in [0.25, 0.3) is 6.08 Å². The molecule has 0 saturated carbocycles. The van der Waals surface area contributed by atoms with Crippen molar-refractivity contribution in [1.82, 2.24) is 4.98 Å². The molecule has 1 aromatic heterocycles. The minimum absolute atomic E-state index is 0.105. The molecular weight excluding hydrogens is 312 g/mol. The predicted octanol–water partition coefficient (Wildman–Crippen LogP) is 3.29. The minimum Gasteiger partial charge on any atom is -0.494 e. The van der Waals surface area contributed by atoms with Crippen LogP contribution >= 0.6 is 11.3 Å². The first-order chi connectivity index (χ1) is 11.1. The number of rotatable bonds is 4. The highest BCUT2D eigenvalue weighted by Gasteiger charge is 2.22. The van der Waals surface area contributed by atoms with Gasteiger partial charge in [0.25, 0.3) is 5.91 Å². The van der Waals surface area contributed by atoms with Gasteiger partial charge in [-0.15, -0.1) is 11.3 Å². The Kier molecular flexibility index (Phi) is 4.34. The van der Waals surface area contributed by atoms with Gasteiger partial charge in [-0.05, 0) is 38.1 Å². The van der Waals surface area contributed by atoms with Crippen molar-refractivity contribution in [3.63, 3.8) is 0 Å². The quantitative estimate of drug-likeness (QED) is 0.863. The Morgan fingerprint density at radius 3 is 3.00 bits per heavy atom. The summed E-state index contributed by atoms with van der Waals surface area (Å²) in [6.45, 7) is 4.70. The highest BCUT2D eigenvalue weighted by molar-refractivity contribution is 7.14. The first kappa shape index (κ1) is 15.6. The van der Waals surface area contributed by atoms with E-state index in [1.54, 1.807) is 11.9 Å². The van der Waals surface area contributed by atoms with Gasteiger partial charge in [-0.25, -0.2) is 4.98 Å². The summed E-state index contributed by atoms with van der Waals surface area (Å²) >= 11 is 1.45. The van der Waals surface area contributed by atoms with Crippen molar-refractivity contribution >= 4 is 28.5 Å². The molecular formula is C17H18N2O3S. The summed E-state index contributed by atoms with van der Waals surface area (Å²) < 4.78 is 11.2. The fourth-order valence-electron chi connectivity index (χ4n) is 2.33. The van der Waals surface area contributed by atoms with E-state index in [1.165, 1.54) is 11.3 Å². The molecule has 0 N–H and O–H groups in total. The number of anilines is 1. The van der Waals surface area contributed by atoms with Crippen molar-refractivity contribution in [2.45, 2.75) is 13.8 Å². The number of nitrogens with zero attached hydrogens (tertiary/aromatic N) is 2. The van der Waals surface area contributed by atoms with E-state index in [1.807, 2.05) is 43.5 Å². The number of hydrogen-bond acceptors (Lipinski definition) is 5. The summed E-state index contributed by atoms with van der Waals surface area (Å²) in [5.74, 6) is 1.42. The fraction of sp³-hybridized carbons (Fsp3) is 0.294. The van der Waals surface area contributed by atoms with Crippen LogP contribution in [0.1, 0.15) is 18.2 Å². The molecule has 1 amide bonds. The number of aromatic nitrogens is 1. The van der Waals surface area contributed by atoms with Gasteiger partial charge in [0.2, 0.25) is 0 Å². The van der Waals surface area contributed by atoms with Gasteiger partial charge < -0.3 is 9.47 Å². The first-order valence-electron chi connectivity index (χ1n) is 7.39. The smallest absolute Gasteiger partial charge is 0.259 e.